The molecule has 2 N–H and O–H groups in total. The van der Waals surface area contributed by atoms with Crippen molar-refractivity contribution in [3.8, 4) is 0 Å². The van der Waals surface area contributed by atoms with Gasteiger partial charge in [-0.2, -0.15) is 11.0 Å². The summed E-state index contributed by atoms with van der Waals surface area (Å²) in [7, 11) is 0. The van der Waals surface area contributed by atoms with Gasteiger partial charge in [-0.25, -0.2) is 9.59 Å². The van der Waals surface area contributed by atoms with Crippen LogP contribution in [0.25, 0.3) is 0 Å². The summed E-state index contributed by atoms with van der Waals surface area (Å²) in [6.07, 6.45) is 6.48. The Hall–Kier alpha value is -1.42. The van der Waals surface area contributed by atoms with Gasteiger partial charge in [0.05, 0.1) is 12.1 Å². The van der Waals surface area contributed by atoms with Crippen molar-refractivity contribution < 1.29 is 19.3 Å². The van der Waals surface area contributed by atoms with E-state index in [2.05, 4.69) is 34.8 Å². The molecular weight excluding hydrogens is 376 g/mol. The van der Waals surface area contributed by atoms with E-state index in [9.17, 15) is 9.59 Å². The summed E-state index contributed by atoms with van der Waals surface area (Å²) in [6, 6.07) is 0.459. The number of rotatable bonds is 6. The molecule has 10 heteroatoms. The van der Waals surface area contributed by atoms with Crippen molar-refractivity contribution in [2.45, 2.75) is 64.5 Å². The maximum absolute atomic E-state index is 11.7. The average molecular weight is 403 g/mol. The molecule has 0 aromatic heterocycles. The van der Waals surface area contributed by atoms with Gasteiger partial charge in [0.1, 0.15) is 0 Å². The lowest BCUT2D eigenvalue weighted by Gasteiger charge is -2.06. The van der Waals surface area contributed by atoms with Crippen LogP contribution in [0.1, 0.15) is 52.4 Å². The van der Waals surface area contributed by atoms with Crippen LogP contribution in [0.15, 0.2) is 9.98 Å². The quantitative estimate of drug-likeness (QED) is 0.516. The first-order valence-electron chi connectivity index (χ1n) is 8.97. The van der Waals surface area contributed by atoms with Crippen molar-refractivity contribution in [2.75, 3.05) is 11.5 Å². The van der Waals surface area contributed by atoms with Gasteiger partial charge in [0.2, 0.25) is 0 Å². The summed E-state index contributed by atoms with van der Waals surface area (Å²) < 4.78 is 0. The van der Waals surface area contributed by atoms with E-state index in [0.717, 1.165) is 50.0 Å². The number of carbonyl (C=O) groups is 2. The van der Waals surface area contributed by atoms with Crippen LogP contribution in [-0.2, 0) is 19.3 Å². The average Bonchev–Trinajstić information content (AvgIpc) is 3.29. The van der Waals surface area contributed by atoms with E-state index < -0.39 is 11.9 Å². The first-order chi connectivity index (χ1) is 12.6. The second kappa shape index (κ2) is 11.3. The van der Waals surface area contributed by atoms with E-state index in [1.165, 1.54) is 23.5 Å². The molecule has 8 nitrogen and oxygen atoms in total. The minimum atomic E-state index is -1.14. The number of carbonyl (C=O) groups excluding carboxylic acids is 2. The standard InChI is InChI=1S/C16H26N4O4S2/c1-3-5-7-11-9-25-15(17-11)19-23-13(21)14(22)24-20-16-18-12(10-26-16)8-6-4-2/h11-12H,3-10H2,1-2H3,(H,17,19)(H,18,20)/t11-,12-/m1/s1. The van der Waals surface area contributed by atoms with Gasteiger partial charge in [-0.05, 0) is 12.8 Å². The molecule has 0 aromatic rings. The first kappa shape index (κ1) is 20.9. The van der Waals surface area contributed by atoms with Gasteiger partial charge in [0.25, 0.3) is 0 Å². The number of nitrogens with one attached hydrogen (secondary N) is 2. The summed E-state index contributed by atoms with van der Waals surface area (Å²) in [5.41, 5.74) is 4.85. The molecule has 0 bridgehead atoms. The predicted octanol–water partition coefficient (Wildman–Crippen LogP) is 2.41. The number of amidine groups is 2. The third-order valence-electron chi connectivity index (χ3n) is 3.84. The molecule has 0 saturated carbocycles. The van der Waals surface area contributed by atoms with Gasteiger partial charge in [0, 0.05) is 11.5 Å². The smallest absolute Gasteiger partial charge is 0.330 e. The summed E-state index contributed by atoms with van der Waals surface area (Å²) in [5, 5.41) is 1.02. The SMILES string of the molecule is CCCC[C@@H]1CSC(NOC(=O)C(=O)ONC2=N[C@H](CCCC)CS2)=N1. The Kier molecular flexibility index (Phi) is 9.10. The number of nitrogens with zero attached hydrogens (tertiary/aromatic N) is 2. The highest BCUT2D eigenvalue weighted by Crippen LogP contribution is 2.21. The molecule has 2 rings (SSSR count). The number of hydrogen-bond acceptors (Lipinski definition) is 10. The van der Waals surface area contributed by atoms with Gasteiger partial charge in [0.15, 0.2) is 10.3 Å². The Balaban J connectivity index is 1.64. The normalized spacial score (nSPS) is 21.8. The molecule has 2 heterocycles. The minimum Gasteiger partial charge on any atom is -0.330 e. The van der Waals surface area contributed by atoms with Gasteiger partial charge >= 0.3 is 11.9 Å². The van der Waals surface area contributed by atoms with Crippen molar-refractivity contribution >= 4 is 45.8 Å². The molecule has 146 valence electrons. The highest BCUT2D eigenvalue weighted by molar-refractivity contribution is 8.14. The zero-order chi connectivity index (χ0) is 18.8. The largest absolute Gasteiger partial charge is 0.443 e. The Labute approximate surface area is 162 Å². The maximum atomic E-state index is 11.7. The molecule has 0 saturated heterocycles. The van der Waals surface area contributed by atoms with Crippen LogP contribution < -0.4 is 11.0 Å². The molecule has 2 aliphatic heterocycles. The fourth-order valence-electron chi connectivity index (χ4n) is 2.38. The summed E-state index contributed by atoms with van der Waals surface area (Å²) >= 11 is 2.93. The first-order valence-corrected chi connectivity index (χ1v) is 10.9. The Morgan fingerprint density at radius 1 is 0.923 bits per heavy atom. The van der Waals surface area contributed by atoms with E-state index >= 15 is 0 Å². The Morgan fingerprint density at radius 3 is 1.73 bits per heavy atom. The van der Waals surface area contributed by atoms with E-state index in [1.807, 2.05) is 0 Å². The van der Waals surface area contributed by atoms with Gasteiger partial charge in [-0.15, -0.1) is 0 Å². The number of hydroxylamine groups is 2. The Bertz CT molecular complexity index is 508. The second-order valence-corrected chi connectivity index (χ2v) is 8.08. The van der Waals surface area contributed by atoms with Crippen LogP contribution in [0.2, 0.25) is 0 Å². The molecule has 0 fully saturated rings. The van der Waals surface area contributed by atoms with Crippen molar-refractivity contribution in [2.24, 2.45) is 9.98 Å². The summed E-state index contributed by atoms with van der Waals surface area (Å²) in [4.78, 5) is 41.6. The molecule has 2 atom stereocenters. The van der Waals surface area contributed by atoms with Crippen LogP contribution in [0.3, 0.4) is 0 Å². The molecule has 0 unspecified atom stereocenters. The lowest BCUT2D eigenvalue weighted by Crippen LogP contribution is -2.34. The van der Waals surface area contributed by atoms with E-state index in [4.69, 9.17) is 9.68 Å². The van der Waals surface area contributed by atoms with Crippen molar-refractivity contribution in [3.05, 3.63) is 0 Å². The van der Waals surface area contributed by atoms with Crippen LogP contribution in [-0.4, -0.2) is 45.9 Å². The summed E-state index contributed by atoms with van der Waals surface area (Å²) in [6.45, 7) is 4.26. The van der Waals surface area contributed by atoms with E-state index in [-0.39, 0.29) is 12.1 Å². The Morgan fingerprint density at radius 2 is 1.35 bits per heavy atom. The highest BCUT2D eigenvalue weighted by Gasteiger charge is 2.24. The van der Waals surface area contributed by atoms with Gasteiger partial charge in [-0.1, -0.05) is 63.1 Å². The molecule has 0 amide bonds. The number of thioether (sulfide) groups is 2. The van der Waals surface area contributed by atoms with Crippen LogP contribution >= 0.6 is 23.5 Å². The molecule has 0 aliphatic carbocycles. The lowest BCUT2D eigenvalue weighted by atomic mass is 10.1. The second-order valence-electron chi connectivity index (χ2n) is 6.07. The minimum absolute atomic E-state index is 0.229. The molecule has 26 heavy (non-hydrogen) atoms. The fraction of sp³-hybridized carbons (Fsp3) is 0.750. The molecule has 0 spiro atoms. The van der Waals surface area contributed by atoms with Crippen LogP contribution in [0.5, 0.6) is 0 Å². The van der Waals surface area contributed by atoms with E-state index in [1.54, 1.807) is 0 Å². The third kappa shape index (κ3) is 7.06. The maximum Gasteiger partial charge on any atom is 0.443 e. The van der Waals surface area contributed by atoms with Crippen LogP contribution in [0, 0.1) is 0 Å². The fourth-order valence-corrected chi connectivity index (χ4v) is 4.21. The molecule has 0 aromatic carbocycles. The lowest BCUT2D eigenvalue weighted by molar-refractivity contribution is -0.172. The number of hydrogen-bond donors (Lipinski definition) is 2. The topological polar surface area (TPSA) is 101 Å². The molecular formula is C16H26N4O4S2. The zero-order valence-corrected chi connectivity index (χ0v) is 16.8. The third-order valence-corrected chi connectivity index (χ3v) is 5.86. The van der Waals surface area contributed by atoms with E-state index in [0.29, 0.717) is 10.3 Å². The van der Waals surface area contributed by atoms with Gasteiger partial charge in [-0.3, -0.25) is 9.98 Å². The van der Waals surface area contributed by atoms with Gasteiger partial charge < -0.3 is 9.68 Å². The van der Waals surface area contributed by atoms with Crippen molar-refractivity contribution in [1.29, 1.82) is 0 Å². The summed E-state index contributed by atoms with van der Waals surface area (Å²) in [5.74, 6) is -0.572. The van der Waals surface area contributed by atoms with Crippen molar-refractivity contribution in [1.82, 2.24) is 11.0 Å². The number of unbranched alkanes of at least 4 members (excludes halogenated alkanes) is 2. The monoisotopic (exact) mass is 402 g/mol. The zero-order valence-electron chi connectivity index (χ0n) is 15.2. The predicted molar refractivity (Wildman–Crippen MR) is 105 cm³/mol. The molecule has 2 aliphatic rings. The highest BCUT2D eigenvalue weighted by atomic mass is 32.2. The molecule has 0 radical (unpaired) electrons. The van der Waals surface area contributed by atoms with Crippen LogP contribution in [0.4, 0.5) is 0 Å². The van der Waals surface area contributed by atoms with Crippen molar-refractivity contribution in [3.63, 3.8) is 0 Å². The number of aliphatic imine (C=N–C) groups is 2.